The van der Waals surface area contributed by atoms with E-state index in [2.05, 4.69) is 23.2 Å². The van der Waals surface area contributed by atoms with Gasteiger partial charge in [-0.2, -0.15) is 5.10 Å². The van der Waals surface area contributed by atoms with Gasteiger partial charge in [-0.15, -0.1) is 17.9 Å². The topological polar surface area (TPSA) is 57.3 Å². The van der Waals surface area contributed by atoms with Crippen LogP contribution in [0.3, 0.4) is 0 Å². The normalized spacial score (nSPS) is 15.6. The van der Waals surface area contributed by atoms with Crippen LogP contribution in [0.15, 0.2) is 40.3 Å². The standard InChI is InChI=1S/C22H29N3O3S/c1-5-11-23-22-25(24-14-16-9-7-6-8-10-16)18(15-29-22)17-12-19(26-2)21(28-4)20(13-17)27-3/h5,12-16H,1,6-11H2,2-4H3. The average Bonchev–Trinajstić information content (AvgIpc) is 3.18. The molecule has 0 N–H and O–H groups in total. The number of rotatable bonds is 8. The Kier molecular flexibility index (Phi) is 7.52. The summed E-state index contributed by atoms with van der Waals surface area (Å²) < 4.78 is 18.4. The lowest BCUT2D eigenvalue weighted by molar-refractivity contribution is 0.324. The van der Waals surface area contributed by atoms with Crippen LogP contribution in [0.5, 0.6) is 17.2 Å². The van der Waals surface area contributed by atoms with Crippen molar-refractivity contribution in [2.45, 2.75) is 32.1 Å². The third-order valence-corrected chi connectivity index (χ3v) is 5.90. The van der Waals surface area contributed by atoms with Crippen LogP contribution in [0.2, 0.25) is 0 Å². The molecule has 3 rings (SSSR count). The molecule has 156 valence electrons. The number of aromatic nitrogens is 1. The van der Waals surface area contributed by atoms with Gasteiger partial charge in [-0.3, -0.25) is 4.99 Å². The molecule has 7 heteroatoms. The lowest BCUT2D eigenvalue weighted by atomic mass is 9.90. The zero-order valence-corrected chi connectivity index (χ0v) is 18.2. The first kappa shape index (κ1) is 21.2. The molecule has 1 aliphatic rings. The highest BCUT2D eigenvalue weighted by Gasteiger charge is 2.17. The molecule has 6 nitrogen and oxygen atoms in total. The summed E-state index contributed by atoms with van der Waals surface area (Å²) >= 11 is 1.56. The molecule has 29 heavy (non-hydrogen) atoms. The van der Waals surface area contributed by atoms with Gasteiger partial charge in [0.2, 0.25) is 10.6 Å². The molecular formula is C22H29N3O3S. The molecule has 0 unspecified atom stereocenters. The van der Waals surface area contributed by atoms with Crippen LogP contribution in [-0.2, 0) is 0 Å². The molecule has 1 fully saturated rings. The molecule has 0 amide bonds. The van der Waals surface area contributed by atoms with Gasteiger partial charge in [0.25, 0.3) is 0 Å². The molecule has 0 aliphatic heterocycles. The van der Waals surface area contributed by atoms with Crippen molar-refractivity contribution in [2.75, 3.05) is 27.9 Å². The zero-order valence-electron chi connectivity index (χ0n) is 17.4. The van der Waals surface area contributed by atoms with Gasteiger partial charge >= 0.3 is 0 Å². The van der Waals surface area contributed by atoms with E-state index in [9.17, 15) is 0 Å². The Balaban J connectivity index is 2.08. The third-order valence-electron chi connectivity index (χ3n) is 5.04. The van der Waals surface area contributed by atoms with Crippen LogP contribution < -0.4 is 19.0 Å². The van der Waals surface area contributed by atoms with Crippen LogP contribution in [0.4, 0.5) is 0 Å². The largest absolute Gasteiger partial charge is 0.493 e. The molecule has 0 saturated heterocycles. The van der Waals surface area contributed by atoms with Crippen molar-refractivity contribution in [3.8, 4) is 28.5 Å². The molecule has 2 aromatic rings. The van der Waals surface area contributed by atoms with Gasteiger partial charge in [0.05, 0.1) is 33.6 Å². The minimum Gasteiger partial charge on any atom is -0.493 e. The Morgan fingerprint density at radius 3 is 2.38 bits per heavy atom. The summed E-state index contributed by atoms with van der Waals surface area (Å²) in [5, 5.41) is 6.89. The summed E-state index contributed by atoms with van der Waals surface area (Å²) in [6, 6.07) is 3.88. The van der Waals surface area contributed by atoms with Gasteiger partial charge in [-0.25, -0.2) is 4.68 Å². The summed E-state index contributed by atoms with van der Waals surface area (Å²) in [5.41, 5.74) is 1.86. The summed E-state index contributed by atoms with van der Waals surface area (Å²) in [5.74, 6) is 2.32. The summed E-state index contributed by atoms with van der Waals surface area (Å²) in [4.78, 5) is 5.45. The highest BCUT2D eigenvalue weighted by molar-refractivity contribution is 7.07. The van der Waals surface area contributed by atoms with E-state index in [1.165, 1.54) is 32.1 Å². The molecule has 0 radical (unpaired) electrons. The summed E-state index contributed by atoms with van der Waals surface area (Å²) in [6.45, 7) is 4.32. The summed E-state index contributed by atoms with van der Waals surface area (Å²) in [6.07, 6.45) is 10.2. The van der Waals surface area contributed by atoms with Crippen LogP contribution in [0, 0.1) is 5.92 Å². The Morgan fingerprint density at radius 2 is 1.79 bits per heavy atom. The Bertz CT molecular complexity index is 899. The maximum atomic E-state index is 5.52. The quantitative estimate of drug-likeness (QED) is 0.462. The fraction of sp³-hybridized carbons (Fsp3) is 0.455. The molecule has 0 bridgehead atoms. The minimum absolute atomic E-state index is 0.524. The number of hydrogen-bond acceptors (Lipinski definition) is 6. The van der Waals surface area contributed by atoms with E-state index < -0.39 is 0 Å². The van der Waals surface area contributed by atoms with Gasteiger partial charge in [0.1, 0.15) is 0 Å². The molecule has 1 aromatic carbocycles. The third kappa shape index (κ3) is 4.90. The number of thiazole rings is 1. The van der Waals surface area contributed by atoms with E-state index >= 15 is 0 Å². The van der Waals surface area contributed by atoms with E-state index in [4.69, 9.17) is 19.3 Å². The summed E-state index contributed by atoms with van der Waals surface area (Å²) in [7, 11) is 4.84. The Morgan fingerprint density at radius 1 is 1.10 bits per heavy atom. The number of ether oxygens (including phenoxy) is 3. The smallest absolute Gasteiger partial charge is 0.206 e. The monoisotopic (exact) mass is 415 g/mol. The minimum atomic E-state index is 0.524. The predicted molar refractivity (Wildman–Crippen MR) is 118 cm³/mol. The van der Waals surface area contributed by atoms with Crippen molar-refractivity contribution < 1.29 is 14.2 Å². The van der Waals surface area contributed by atoms with Gasteiger partial charge in [0, 0.05) is 17.2 Å². The van der Waals surface area contributed by atoms with Gasteiger partial charge < -0.3 is 14.2 Å². The van der Waals surface area contributed by atoms with Crippen LogP contribution in [0.25, 0.3) is 11.3 Å². The highest BCUT2D eigenvalue weighted by Crippen LogP contribution is 2.41. The van der Waals surface area contributed by atoms with Crippen LogP contribution >= 0.6 is 11.3 Å². The van der Waals surface area contributed by atoms with Gasteiger partial charge in [-0.1, -0.05) is 25.3 Å². The number of benzene rings is 1. The second-order valence-electron chi connectivity index (χ2n) is 6.92. The number of hydrogen-bond donors (Lipinski definition) is 0. The lowest BCUT2D eigenvalue weighted by Crippen LogP contribution is -2.15. The molecule has 1 aromatic heterocycles. The van der Waals surface area contributed by atoms with Gasteiger partial charge in [0.15, 0.2) is 11.5 Å². The fourth-order valence-corrected chi connectivity index (χ4v) is 4.38. The van der Waals surface area contributed by atoms with Crippen molar-refractivity contribution >= 4 is 17.6 Å². The highest BCUT2D eigenvalue weighted by atomic mass is 32.1. The fourth-order valence-electron chi connectivity index (χ4n) is 3.53. The van der Waals surface area contributed by atoms with E-state index in [-0.39, 0.29) is 0 Å². The maximum absolute atomic E-state index is 5.52. The molecule has 1 aliphatic carbocycles. The van der Waals surface area contributed by atoms with E-state index in [0.29, 0.717) is 29.7 Å². The first-order chi connectivity index (χ1) is 14.2. The van der Waals surface area contributed by atoms with Crippen molar-refractivity contribution in [3.05, 3.63) is 35.0 Å². The molecule has 0 spiro atoms. The molecule has 1 saturated carbocycles. The molecule has 1 heterocycles. The van der Waals surface area contributed by atoms with Crippen molar-refractivity contribution in [2.24, 2.45) is 16.0 Å². The number of nitrogens with zero attached hydrogens (tertiary/aromatic N) is 3. The first-order valence-corrected chi connectivity index (χ1v) is 10.8. The van der Waals surface area contributed by atoms with Crippen LogP contribution in [-0.4, -0.2) is 38.8 Å². The number of methoxy groups -OCH3 is 3. The molecular weight excluding hydrogens is 386 g/mol. The van der Waals surface area contributed by atoms with Crippen molar-refractivity contribution in [1.29, 1.82) is 0 Å². The van der Waals surface area contributed by atoms with Crippen molar-refractivity contribution in [1.82, 2.24) is 4.68 Å². The SMILES string of the molecule is C=CCN=c1scc(-c2cc(OC)c(OC)c(OC)c2)n1N=CC1CCCCC1. The second kappa shape index (κ2) is 10.3. The van der Waals surface area contributed by atoms with E-state index in [1.807, 2.05) is 16.8 Å². The van der Waals surface area contributed by atoms with E-state index in [0.717, 1.165) is 16.1 Å². The predicted octanol–water partition coefficient (Wildman–Crippen LogP) is 4.74. The second-order valence-corrected chi connectivity index (χ2v) is 7.76. The van der Waals surface area contributed by atoms with Crippen molar-refractivity contribution in [3.63, 3.8) is 0 Å². The maximum Gasteiger partial charge on any atom is 0.206 e. The van der Waals surface area contributed by atoms with Crippen LogP contribution in [0.1, 0.15) is 32.1 Å². The van der Waals surface area contributed by atoms with Gasteiger partial charge in [-0.05, 0) is 30.9 Å². The lowest BCUT2D eigenvalue weighted by Gasteiger charge is -2.17. The zero-order chi connectivity index (χ0) is 20.6. The Hall–Kier alpha value is -2.54. The van der Waals surface area contributed by atoms with E-state index in [1.54, 1.807) is 38.7 Å². The molecule has 0 atom stereocenters. The first-order valence-electron chi connectivity index (χ1n) is 9.88. The Labute approximate surface area is 176 Å². The average molecular weight is 416 g/mol.